The number of aliphatic imine (C=N–C) groups is 1. The van der Waals surface area contributed by atoms with Crippen LogP contribution in [-0.2, 0) is 7.05 Å². The molecule has 2 unspecified atom stereocenters. The summed E-state index contributed by atoms with van der Waals surface area (Å²) < 4.78 is 1.90. The standard InChI is InChI=1S/C12H21N5/c1-5-8(2)17-11(7-14-12(17)13)10-6-15-16(4)9(10)3/h6,8,11H,5,7H2,1-4H3,(H2,13,14). The second-order valence-corrected chi connectivity index (χ2v) is 4.69. The van der Waals surface area contributed by atoms with Crippen LogP contribution in [0.15, 0.2) is 11.2 Å². The number of aromatic nitrogens is 2. The highest BCUT2D eigenvalue weighted by atomic mass is 15.3. The number of aryl methyl sites for hydroxylation is 1. The van der Waals surface area contributed by atoms with E-state index in [-0.39, 0.29) is 6.04 Å². The highest BCUT2D eigenvalue weighted by molar-refractivity contribution is 5.80. The number of hydrogen-bond acceptors (Lipinski definition) is 4. The van der Waals surface area contributed by atoms with E-state index < -0.39 is 0 Å². The van der Waals surface area contributed by atoms with E-state index in [4.69, 9.17) is 5.73 Å². The zero-order valence-corrected chi connectivity index (χ0v) is 11.0. The van der Waals surface area contributed by atoms with Gasteiger partial charge in [0.25, 0.3) is 0 Å². The third kappa shape index (κ3) is 1.90. The van der Waals surface area contributed by atoms with Crippen molar-refractivity contribution < 1.29 is 0 Å². The summed E-state index contributed by atoms with van der Waals surface area (Å²) in [4.78, 5) is 6.59. The second kappa shape index (κ2) is 4.39. The summed E-state index contributed by atoms with van der Waals surface area (Å²) in [5.74, 6) is 0.660. The molecule has 0 radical (unpaired) electrons. The van der Waals surface area contributed by atoms with Gasteiger partial charge >= 0.3 is 0 Å². The van der Waals surface area contributed by atoms with Gasteiger partial charge in [-0.1, -0.05) is 6.92 Å². The molecule has 0 aliphatic carbocycles. The normalized spacial score (nSPS) is 21.8. The molecule has 5 nitrogen and oxygen atoms in total. The maximum absolute atomic E-state index is 5.99. The molecule has 1 aromatic heterocycles. The Morgan fingerprint density at radius 3 is 2.82 bits per heavy atom. The van der Waals surface area contributed by atoms with Crippen molar-refractivity contribution in [1.29, 1.82) is 0 Å². The zero-order valence-electron chi connectivity index (χ0n) is 11.0. The smallest absolute Gasteiger partial charge is 0.192 e. The molecule has 1 aliphatic rings. The molecule has 1 aliphatic heterocycles. The highest BCUT2D eigenvalue weighted by Gasteiger charge is 2.32. The van der Waals surface area contributed by atoms with Crippen molar-refractivity contribution in [2.24, 2.45) is 17.8 Å². The van der Waals surface area contributed by atoms with Gasteiger partial charge in [0.05, 0.1) is 18.8 Å². The van der Waals surface area contributed by atoms with Gasteiger partial charge in [0, 0.05) is 24.3 Å². The molecule has 1 aromatic rings. The quantitative estimate of drug-likeness (QED) is 0.856. The summed E-state index contributed by atoms with van der Waals surface area (Å²) >= 11 is 0. The van der Waals surface area contributed by atoms with Gasteiger partial charge in [0.2, 0.25) is 0 Å². The van der Waals surface area contributed by atoms with E-state index in [0.29, 0.717) is 12.0 Å². The van der Waals surface area contributed by atoms with E-state index in [0.717, 1.165) is 13.0 Å². The van der Waals surface area contributed by atoms with Crippen molar-refractivity contribution in [2.75, 3.05) is 6.54 Å². The van der Waals surface area contributed by atoms with Crippen LogP contribution < -0.4 is 5.73 Å². The van der Waals surface area contributed by atoms with Crippen molar-refractivity contribution in [3.8, 4) is 0 Å². The fourth-order valence-corrected chi connectivity index (χ4v) is 2.33. The Bertz CT molecular complexity index is 434. The molecule has 2 rings (SSSR count). The van der Waals surface area contributed by atoms with Gasteiger partial charge in [-0.3, -0.25) is 9.67 Å². The molecule has 5 heteroatoms. The van der Waals surface area contributed by atoms with Gasteiger partial charge in [-0.05, 0) is 20.3 Å². The van der Waals surface area contributed by atoms with Crippen LogP contribution >= 0.6 is 0 Å². The molecule has 2 atom stereocenters. The summed E-state index contributed by atoms with van der Waals surface area (Å²) in [6, 6.07) is 0.657. The molecular weight excluding hydrogens is 214 g/mol. The molecule has 0 saturated carbocycles. The molecule has 0 amide bonds. The first-order valence-electron chi connectivity index (χ1n) is 6.13. The molecule has 0 fully saturated rings. The minimum atomic E-state index is 0.249. The van der Waals surface area contributed by atoms with Crippen LogP contribution in [0.25, 0.3) is 0 Å². The molecule has 94 valence electrons. The average Bonchev–Trinajstić information content (AvgIpc) is 2.83. The van der Waals surface area contributed by atoms with Crippen molar-refractivity contribution in [3.05, 3.63) is 17.5 Å². The lowest BCUT2D eigenvalue weighted by Gasteiger charge is -2.31. The van der Waals surface area contributed by atoms with E-state index >= 15 is 0 Å². The van der Waals surface area contributed by atoms with E-state index in [1.165, 1.54) is 11.3 Å². The molecule has 2 N–H and O–H groups in total. The summed E-state index contributed by atoms with van der Waals surface area (Å²) in [5, 5.41) is 4.30. The van der Waals surface area contributed by atoms with Gasteiger partial charge in [-0.2, -0.15) is 5.10 Å². The zero-order chi connectivity index (χ0) is 12.6. The number of guanidine groups is 1. The van der Waals surface area contributed by atoms with Crippen molar-refractivity contribution in [1.82, 2.24) is 14.7 Å². The van der Waals surface area contributed by atoms with E-state index in [1.807, 2.05) is 17.9 Å². The Balaban J connectivity index is 2.31. The van der Waals surface area contributed by atoms with Crippen LogP contribution in [-0.4, -0.2) is 33.2 Å². The first kappa shape index (κ1) is 12.0. The van der Waals surface area contributed by atoms with Crippen molar-refractivity contribution >= 4 is 5.96 Å². The lowest BCUT2D eigenvalue weighted by molar-refractivity contribution is 0.267. The van der Waals surface area contributed by atoms with E-state index in [9.17, 15) is 0 Å². The predicted octanol–water partition coefficient (Wildman–Crippen LogP) is 1.20. The second-order valence-electron chi connectivity index (χ2n) is 4.69. The van der Waals surface area contributed by atoms with Crippen LogP contribution in [0.4, 0.5) is 0 Å². The third-order valence-electron chi connectivity index (χ3n) is 3.72. The van der Waals surface area contributed by atoms with Gasteiger partial charge in [0.1, 0.15) is 0 Å². The summed E-state index contributed by atoms with van der Waals surface area (Å²) in [7, 11) is 1.96. The number of nitrogens with two attached hydrogens (primary N) is 1. The van der Waals surface area contributed by atoms with E-state index in [1.54, 1.807) is 0 Å². The van der Waals surface area contributed by atoms with Crippen molar-refractivity contribution in [3.63, 3.8) is 0 Å². The molecule has 2 heterocycles. The maximum Gasteiger partial charge on any atom is 0.192 e. The first-order valence-corrected chi connectivity index (χ1v) is 6.13. The minimum Gasteiger partial charge on any atom is -0.370 e. The Labute approximate surface area is 102 Å². The van der Waals surface area contributed by atoms with Crippen molar-refractivity contribution in [2.45, 2.75) is 39.3 Å². The number of nitrogens with zero attached hydrogens (tertiary/aromatic N) is 4. The predicted molar refractivity (Wildman–Crippen MR) is 68.8 cm³/mol. The summed E-state index contributed by atoms with van der Waals surface area (Å²) in [5.41, 5.74) is 8.41. The van der Waals surface area contributed by atoms with Crippen LogP contribution in [0.3, 0.4) is 0 Å². The average molecular weight is 235 g/mol. The first-order chi connectivity index (χ1) is 8.06. The lowest BCUT2D eigenvalue weighted by Crippen LogP contribution is -2.42. The molecular formula is C12H21N5. The lowest BCUT2D eigenvalue weighted by atomic mass is 10.1. The fourth-order valence-electron chi connectivity index (χ4n) is 2.33. The Hall–Kier alpha value is -1.52. The van der Waals surface area contributed by atoms with Gasteiger partial charge in [0.15, 0.2) is 5.96 Å². The maximum atomic E-state index is 5.99. The van der Waals surface area contributed by atoms with Crippen LogP contribution in [0.1, 0.15) is 37.6 Å². The molecule has 17 heavy (non-hydrogen) atoms. The molecule has 0 bridgehead atoms. The summed E-state index contributed by atoms with van der Waals surface area (Å²) in [6.45, 7) is 7.18. The third-order valence-corrected chi connectivity index (χ3v) is 3.72. The van der Waals surface area contributed by atoms with Gasteiger partial charge in [-0.15, -0.1) is 0 Å². The fraction of sp³-hybridized carbons (Fsp3) is 0.667. The largest absolute Gasteiger partial charge is 0.370 e. The topological polar surface area (TPSA) is 59.4 Å². The van der Waals surface area contributed by atoms with Crippen LogP contribution in [0.5, 0.6) is 0 Å². The van der Waals surface area contributed by atoms with Crippen LogP contribution in [0, 0.1) is 6.92 Å². The molecule has 0 saturated heterocycles. The van der Waals surface area contributed by atoms with Gasteiger partial charge < -0.3 is 10.6 Å². The SMILES string of the molecule is CCC(C)N1C(N)=NCC1c1cnn(C)c1C. The minimum absolute atomic E-state index is 0.249. The Kier molecular flexibility index (Phi) is 3.09. The van der Waals surface area contributed by atoms with Gasteiger partial charge in [-0.25, -0.2) is 0 Å². The Morgan fingerprint density at radius 1 is 1.59 bits per heavy atom. The van der Waals surface area contributed by atoms with E-state index in [2.05, 4.69) is 35.8 Å². The summed E-state index contributed by atoms with van der Waals surface area (Å²) in [6.07, 6.45) is 3.00. The molecule has 0 spiro atoms. The monoisotopic (exact) mass is 235 g/mol. The highest BCUT2D eigenvalue weighted by Crippen LogP contribution is 2.29. The molecule has 0 aromatic carbocycles. The Morgan fingerprint density at radius 2 is 2.29 bits per heavy atom. The number of hydrogen-bond donors (Lipinski definition) is 1. The number of rotatable bonds is 3. The van der Waals surface area contributed by atoms with Crippen LogP contribution in [0.2, 0.25) is 0 Å².